The molecule has 3 rings (SSSR count). The summed E-state index contributed by atoms with van der Waals surface area (Å²) in [6, 6.07) is 6.64. The van der Waals surface area contributed by atoms with E-state index in [1.165, 1.54) is 17.5 Å². The number of aryl methyl sites for hydroxylation is 1. The SMILES string of the molecule is CCc1cc(C2([C@@H]3CCNC3)CCC(O)CC2)ccc1Cl. The molecule has 0 radical (unpaired) electrons. The first-order valence-electron chi connectivity index (χ1n) is 8.33. The van der Waals surface area contributed by atoms with Gasteiger partial charge in [-0.1, -0.05) is 30.7 Å². The number of nitrogens with one attached hydrogen (secondary N) is 1. The van der Waals surface area contributed by atoms with Gasteiger partial charge in [-0.2, -0.15) is 0 Å². The van der Waals surface area contributed by atoms with Crippen LogP contribution in [0.15, 0.2) is 18.2 Å². The van der Waals surface area contributed by atoms with E-state index in [0.29, 0.717) is 5.92 Å². The maximum Gasteiger partial charge on any atom is 0.0540 e. The van der Waals surface area contributed by atoms with Gasteiger partial charge in [0.1, 0.15) is 0 Å². The monoisotopic (exact) mass is 307 g/mol. The van der Waals surface area contributed by atoms with Crippen LogP contribution in [0.1, 0.15) is 50.2 Å². The quantitative estimate of drug-likeness (QED) is 0.893. The van der Waals surface area contributed by atoms with Gasteiger partial charge >= 0.3 is 0 Å². The highest BCUT2D eigenvalue weighted by Gasteiger charge is 2.43. The maximum absolute atomic E-state index is 9.94. The van der Waals surface area contributed by atoms with Crippen molar-refractivity contribution in [3.8, 4) is 0 Å². The molecule has 0 amide bonds. The molecule has 1 aliphatic heterocycles. The predicted octanol–water partition coefficient (Wildman–Crippen LogP) is 3.68. The Morgan fingerprint density at radius 1 is 1.29 bits per heavy atom. The molecule has 1 saturated heterocycles. The van der Waals surface area contributed by atoms with Crippen molar-refractivity contribution in [3.05, 3.63) is 34.3 Å². The molecule has 1 heterocycles. The lowest BCUT2D eigenvalue weighted by Crippen LogP contribution is -2.41. The van der Waals surface area contributed by atoms with Crippen molar-refractivity contribution in [1.82, 2.24) is 5.32 Å². The van der Waals surface area contributed by atoms with Crippen LogP contribution in [-0.2, 0) is 11.8 Å². The van der Waals surface area contributed by atoms with Crippen LogP contribution in [0.3, 0.4) is 0 Å². The number of hydrogen-bond acceptors (Lipinski definition) is 2. The third-order valence-corrected chi connectivity index (χ3v) is 6.06. The van der Waals surface area contributed by atoms with Gasteiger partial charge in [0.2, 0.25) is 0 Å². The first kappa shape index (κ1) is 15.3. The standard InChI is InChI=1S/C18H26ClNO/c1-2-13-11-14(3-4-17(13)19)18(15-7-10-20-12-15)8-5-16(21)6-9-18/h3-4,11,15-16,20-21H,2,5-10,12H2,1H3/t15-,16?,18?/m1/s1. The molecule has 0 bridgehead atoms. The van der Waals surface area contributed by atoms with Crippen LogP contribution in [0.25, 0.3) is 0 Å². The van der Waals surface area contributed by atoms with E-state index >= 15 is 0 Å². The Bertz CT molecular complexity index is 488. The number of rotatable bonds is 3. The molecule has 2 aliphatic rings. The largest absolute Gasteiger partial charge is 0.393 e. The highest BCUT2D eigenvalue weighted by molar-refractivity contribution is 6.31. The molecule has 3 heteroatoms. The average molecular weight is 308 g/mol. The van der Waals surface area contributed by atoms with Gasteiger partial charge in [0, 0.05) is 5.02 Å². The lowest BCUT2D eigenvalue weighted by atomic mass is 9.61. The number of aliphatic hydroxyl groups is 1. The maximum atomic E-state index is 9.94. The highest BCUT2D eigenvalue weighted by atomic mass is 35.5. The van der Waals surface area contributed by atoms with Crippen LogP contribution < -0.4 is 5.32 Å². The summed E-state index contributed by atoms with van der Waals surface area (Å²) in [7, 11) is 0. The van der Waals surface area contributed by atoms with Gasteiger partial charge in [-0.3, -0.25) is 0 Å². The van der Waals surface area contributed by atoms with E-state index in [1.807, 2.05) is 0 Å². The molecule has 2 N–H and O–H groups in total. The van der Waals surface area contributed by atoms with Crippen LogP contribution in [0, 0.1) is 5.92 Å². The summed E-state index contributed by atoms with van der Waals surface area (Å²) in [5.74, 6) is 0.691. The Morgan fingerprint density at radius 3 is 2.67 bits per heavy atom. The van der Waals surface area contributed by atoms with Crippen LogP contribution in [-0.4, -0.2) is 24.3 Å². The number of aliphatic hydroxyl groups excluding tert-OH is 1. The van der Waals surface area contributed by atoms with E-state index < -0.39 is 0 Å². The van der Waals surface area contributed by atoms with E-state index in [2.05, 4.69) is 30.4 Å². The second-order valence-corrected chi connectivity index (χ2v) is 7.14. The van der Waals surface area contributed by atoms with Gasteiger partial charge in [-0.25, -0.2) is 0 Å². The van der Waals surface area contributed by atoms with Gasteiger partial charge in [0.25, 0.3) is 0 Å². The summed E-state index contributed by atoms with van der Waals surface area (Å²) >= 11 is 6.31. The van der Waals surface area contributed by atoms with E-state index in [1.54, 1.807) is 0 Å². The second-order valence-electron chi connectivity index (χ2n) is 6.74. The lowest BCUT2D eigenvalue weighted by molar-refractivity contribution is 0.0745. The van der Waals surface area contributed by atoms with Crippen LogP contribution in [0.4, 0.5) is 0 Å². The number of benzene rings is 1. The van der Waals surface area contributed by atoms with Gasteiger partial charge in [0.15, 0.2) is 0 Å². The Morgan fingerprint density at radius 2 is 2.05 bits per heavy atom. The van der Waals surface area contributed by atoms with Gasteiger partial charge in [-0.15, -0.1) is 0 Å². The van der Waals surface area contributed by atoms with Crippen molar-refractivity contribution in [1.29, 1.82) is 0 Å². The van der Waals surface area contributed by atoms with E-state index in [-0.39, 0.29) is 11.5 Å². The third kappa shape index (κ3) is 2.86. The van der Waals surface area contributed by atoms with Crippen molar-refractivity contribution >= 4 is 11.6 Å². The molecular weight excluding hydrogens is 282 g/mol. The minimum absolute atomic E-state index is 0.106. The van der Waals surface area contributed by atoms with Crippen molar-refractivity contribution in [2.75, 3.05) is 13.1 Å². The average Bonchev–Trinajstić information content (AvgIpc) is 3.04. The molecule has 2 nitrogen and oxygen atoms in total. The molecule has 1 atom stereocenters. The first-order valence-corrected chi connectivity index (χ1v) is 8.71. The van der Waals surface area contributed by atoms with E-state index in [4.69, 9.17) is 11.6 Å². The topological polar surface area (TPSA) is 32.3 Å². The molecule has 0 aromatic heterocycles. The van der Waals surface area contributed by atoms with Crippen molar-refractivity contribution < 1.29 is 5.11 Å². The number of hydrogen-bond donors (Lipinski definition) is 2. The van der Waals surface area contributed by atoms with Crippen LogP contribution in [0.2, 0.25) is 5.02 Å². The number of halogens is 1. The van der Waals surface area contributed by atoms with Crippen LogP contribution in [0.5, 0.6) is 0 Å². The fraction of sp³-hybridized carbons (Fsp3) is 0.667. The Kier molecular flexibility index (Phi) is 4.58. The summed E-state index contributed by atoms with van der Waals surface area (Å²) in [5, 5.41) is 14.4. The first-order chi connectivity index (χ1) is 10.2. The fourth-order valence-electron chi connectivity index (χ4n) is 4.33. The smallest absolute Gasteiger partial charge is 0.0540 e. The zero-order valence-corrected chi connectivity index (χ0v) is 13.6. The summed E-state index contributed by atoms with van der Waals surface area (Å²) in [4.78, 5) is 0. The molecule has 0 unspecified atom stereocenters. The van der Waals surface area contributed by atoms with Crippen molar-refractivity contribution in [3.63, 3.8) is 0 Å². The Balaban J connectivity index is 1.98. The Labute approximate surface area is 132 Å². The van der Waals surface area contributed by atoms with Crippen molar-refractivity contribution in [2.24, 2.45) is 5.92 Å². The normalized spacial score (nSPS) is 33.3. The molecule has 1 saturated carbocycles. The molecule has 0 spiro atoms. The van der Waals surface area contributed by atoms with E-state index in [9.17, 15) is 5.11 Å². The summed E-state index contributed by atoms with van der Waals surface area (Å²) in [6.07, 6.45) is 6.19. The minimum atomic E-state index is -0.106. The summed E-state index contributed by atoms with van der Waals surface area (Å²) in [6.45, 7) is 4.41. The van der Waals surface area contributed by atoms with E-state index in [0.717, 1.165) is 50.2 Å². The summed E-state index contributed by atoms with van der Waals surface area (Å²) in [5.41, 5.74) is 2.94. The second kappa shape index (κ2) is 6.28. The molecule has 116 valence electrons. The van der Waals surface area contributed by atoms with Crippen LogP contribution >= 0.6 is 11.6 Å². The minimum Gasteiger partial charge on any atom is -0.393 e. The molecule has 1 aromatic rings. The van der Waals surface area contributed by atoms with Gasteiger partial charge in [0.05, 0.1) is 6.10 Å². The fourth-order valence-corrected chi connectivity index (χ4v) is 4.58. The predicted molar refractivity (Wildman–Crippen MR) is 88.0 cm³/mol. The molecule has 1 aliphatic carbocycles. The molecule has 1 aromatic carbocycles. The van der Waals surface area contributed by atoms with Crippen molar-refractivity contribution in [2.45, 2.75) is 57.0 Å². The molecule has 21 heavy (non-hydrogen) atoms. The zero-order valence-electron chi connectivity index (χ0n) is 12.9. The lowest BCUT2D eigenvalue weighted by Gasteiger charge is -2.44. The Hall–Kier alpha value is -0.570. The molecular formula is C18H26ClNO. The third-order valence-electron chi connectivity index (χ3n) is 5.69. The zero-order chi connectivity index (χ0) is 14.9. The van der Waals surface area contributed by atoms with Gasteiger partial charge in [-0.05, 0) is 80.1 Å². The van der Waals surface area contributed by atoms with Gasteiger partial charge < -0.3 is 10.4 Å². The molecule has 2 fully saturated rings. The highest BCUT2D eigenvalue weighted by Crippen LogP contribution is 2.47. The summed E-state index contributed by atoms with van der Waals surface area (Å²) < 4.78 is 0.